The Balaban J connectivity index is 1.46. The highest BCUT2D eigenvalue weighted by atomic mass is 15.1. The van der Waals surface area contributed by atoms with Gasteiger partial charge in [-0.3, -0.25) is 19.5 Å². The number of hydrogen-bond donors (Lipinski definition) is 0. The van der Waals surface area contributed by atoms with Gasteiger partial charge in [0.25, 0.3) is 0 Å². The van der Waals surface area contributed by atoms with Crippen LogP contribution in [0.15, 0.2) is 176 Å². The lowest BCUT2D eigenvalue weighted by molar-refractivity contribution is 0.763. The second-order valence-corrected chi connectivity index (χ2v) is 12.7. The number of benzene rings is 4. The van der Waals surface area contributed by atoms with Crippen molar-refractivity contribution in [3.05, 3.63) is 199 Å². The van der Waals surface area contributed by atoms with Crippen molar-refractivity contribution in [2.24, 2.45) is 4.99 Å². The van der Waals surface area contributed by atoms with Crippen LogP contribution in [-0.2, 0) is 5.41 Å². The van der Waals surface area contributed by atoms with Gasteiger partial charge in [0.2, 0.25) is 0 Å². The number of allylic oxidation sites excluding steroid dienone is 3. The molecule has 0 aliphatic heterocycles. The maximum Gasteiger partial charge on any atom is 0.138 e. The van der Waals surface area contributed by atoms with Gasteiger partial charge in [0.1, 0.15) is 5.82 Å². The van der Waals surface area contributed by atoms with Gasteiger partial charge in [-0.25, -0.2) is 4.98 Å². The lowest BCUT2D eigenvalue weighted by Gasteiger charge is -2.33. The lowest BCUT2D eigenvalue weighted by atomic mass is 9.68. The third kappa shape index (κ3) is 4.62. The predicted molar refractivity (Wildman–Crippen MR) is 209 cm³/mol. The van der Waals surface area contributed by atoms with Gasteiger partial charge in [-0.2, -0.15) is 0 Å². The minimum absolute atomic E-state index is 0.579. The Morgan fingerprint density at radius 1 is 0.706 bits per heavy atom. The molecule has 0 N–H and O–H groups in total. The molecule has 8 aromatic rings. The molecule has 1 aliphatic carbocycles. The Morgan fingerprint density at radius 2 is 1.47 bits per heavy atom. The summed E-state index contributed by atoms with van der Waals surface area (Å²) in [6, 6.07) is 45.5. The van der Waals surface area contributed by atoms with E-state index < -0.39 is 5.41 Å². The van der Waals surface area contributed by atoms with Gasteiger partial charge in [-0.1, -0.05) is 116 Å². The average Bonchev–Trinajstić information content (AvgIpc) is 3.70. The van der Waals surface area contributed by atoms with Crippen molar-refractivity contribution < 1.29 is 0 Å². The smallest absolute Gasteiger partial charge is 0.138 e. The molecule has 0 amide bonds. The third-order valence-electron chi connectivity index (χ3n) is 10.0. The van der Waals surface area contributed by atoms with Gasteiger partial charge in [0.15, 0.2) is 0 Å². The monoisotopic (exact) mass is 655 g/mol. The van der Waals surface area contributed by atoms with Crippen LogP contribution in [0.25, 0.3) is 55.5 Å². The van der Waals surface area contributed by atoms with Crippen LogP contribution in [0.1, 0.15) is 27.9 Å². The first-order valence-electron chi connectivity index (χ1n) is 17.0. The zero-order valence-electron chi connectivity index (χ0n) is 28.1. The summed E-state index contributed by atoms with van der Waals surface area (Å²) < 4.78 is 2.35. The molecule has 5 heteroatoms. The number of rotatable bonds is 7. The number of fused-ring (bicyclic) bond motifs is 7. The minimum Gasteiger partial charge on any atom is -0.296 e. The van der Waals surface area contributed by atoms with Crippen molar-refractivity contribution in [2.75, 3.05) is 7.05 Å². The molecule has 4 aromatic carbocycles. The maximum atomic E-state index is 5.40. The summed E-state index contributed by atoms with van der Waals surface area (Å²) in [5.74, 6) is 0.807. The van der Waals surface area contributed by atoms with Crippen molar-refractivity contribution in [1.82, 2.24) is 19.5 Å². The summed E-state index contributed by atoms with van der Waals surface area (Å²) in [6.45, 7) is 3.98. The van der Waals surface area contributed by atoms with Crippen LogP contribution in [0.5, 0.6) is 0 Å². The molecule has 0 saturated carbocycles. The topological polar surface area (TPSA) is 56.0 Å². The molecule has 4 aromatic heterocycles. The number of pyridine rings is 3. The highest BCUT2D eigenvalue weighted by Crippen LogP contribution is 2.58. The molecule has 0 radical (unpaired) electrons. The van der Waals surface area contributed by atoms with Crippen molar-refractivity contribution in [2.45, 2.75) is 5.41 Å². The second kappa shape index (κ2) is 12.3. The largest absolute Gasteiger partial charge is 0.296 e. The van der Waals surface area contributed by atoms with Crippen molar-refractivity contribution in [3.63, 3.8) is 0 Å². The summed E-state index contributed by atoms with van der Waals surface area (Å²) in [5, 5.41) is 2.33. The van der Waals surface area contributed by atoms with E-state index in [0.29, 0.717) is 0 Å². The van der Waals surface area contributed by atoms with Crippen LogP contribution in [-0.4, -0.2) is 32.8 Å². The van der Waals surface area contributed by atoms with Crippen molar-refractivity contribution >= 4 is 33.6 Å². The van der Waals surface area contributed by atoms with E-state index >= 15 is 0 Å². The molecule has 9 rings (SSSR count). The molecule has 1 unspecified atom stereocenters. The van der Waals surface area contributed by atoms with E-state index in [1.54, 1.807) is 19.3 Å². The van der Waals surface area contributed by atoms with Crippen molar-refractivity contribution in [3.8, 4) is 28.1 Å². The molecule has 51 heavy (non-hydrogen) atoms. The molecule has 242 valence electrons. The van der Waals surface area contributed by atoms with E-state index in [0.717, 1.165) is 44.8 Å². The molecule has 1 aliphatic rings. The Hall–Kier alpha value is -6.72. The molecule has 0 saturated heterocycles. The fraction of sp³-hybridized carbons (Fsp3) is 0.0435. The number of aliphatic imine (C=N–C) groups is 1. The van der Waals surface area contributed by atoms with Crippen LogP contribution in [0.3, 0.4) is 0 Å². The number of nitrogens with zero attached hydrogens (tertiary/aromatic N) is 5. The first-order valence-corrected chi connectivity index (χ1v) is 17.0. The molecule has 4 heterocycles. The van der Waals surface area contributed by atoms with E-state index in [4.69, 9.17) is 4.98 Å². The summed E-state index contributed by atoms with van der Waals surface area (Å²) in [4.78, 5) is 18.9. The van der Waals surface area contributed by atoms with Crippen molar-refractivity contribution in [1.29, 1.82) is 0 Å². The molecule has 1 atom stereocenters. The normalized spacial score (nSPS) is 15.4. The zero-order valence-corrected chi connectivity index (χ0v) is 28.1. The van der Waals surface area contributed by atoms with Gasteiger partial charge in [-0.15, -0.1) is 0 Å². The number of hydrogen-bond acceptors (Lipinski definition) is 4. The lowest BCUT2D eigenvalue weighted by Crippen LogP contribution is -2.28. The van der Waals surface area contributed by atoms with E-state index in [-0.39, 0.29) is 0 Å². The maximum absolute atomic E-state index is 5.40. The van der Waals surface area contributed by atoms with E-state index in [2.05, 4.69) is 141 Å². The minimum atomic E-state index is -0.579. The second-order valence-electron chi connectivity index (χ2n) is 12.7. The highest BCUT2D eigenvalue weighted by Gasteiger charge is 2.47. The molecular formula is C46H33N5. The highest BCUT2D eigenvalue weighted by molar-refractivity contribution is 6.16. The SMILES string of the molecule is C=C/C=C(\C=NC)c1cc(-c2cccnc2)cc(-n2c3ccccc3c3ccc4c(c32)-c2ccccc2C4(c2ccccc2)c2cccnc2)n1. The van der Waals surface area contributed by atoms with E-state index in [1.165, 1.54) is 38.6 Å². The molecular weight excluding hydrogens is 623 g/mol. The summed E-state index contributed by atoms with van der Waals surface area (Å²) in [5.41, 5.74) is 12.5. The van der Waals surface area contributed by atoms with Gasteiger partial charge in [-0.05, 0) is 63.7 Å². The quantitative estimate of drug-likeness (QED) is 0.127. The summed E-state index contributed by atoms with van der Waals surface area (Å²) >= 11 is 0. The Morgan fingerprint density at radius 3 is 2.25 bits per heavy atom. The zero-order chi connectivity index (χ0) is 34.4. The first kappa shape index (κ1) is 30.3. The first-order chi connectivity index (χ1) is 25.2. The van der Waals surface area contributed by atoms with Gasteiger partial charge in [0.05, 0.1) is 22.1 Å². The Kier molecular flexibility index (Phi) is 7.32. The number of aromatic nitrogens is 4. The van der Waals surface area contributed by atoms with Gasteiger partial charge >= 0.3 is 0 Å². The summed E-state index contributed by atoms with van der Waals surface area (Å²) in [7, 11) is 1.78. The van der Waals surface area contributed by atoms with E-state index in [9.17, 15) is 0 Å². The fourth-order valence-electron chi connectivity index (χ4n) is 8.05. The average molecular weight is 656 g/mol. The third-order valence-corrected chi connectivity index (χ3v) is 10.0. The molecule has 5 nitrogen and oxygen atoms in total. The van der Waals surface area contributed by atoms with E-state index in [1.807, 2.05) is 43.0 Å². The van der Waals surface area contributed by atoms with Crippen LogP contribution >= 0.6 is 0 Å². The standard InChI is InChI=1S/C46H33N5/c1-3-13-32(28-47-2)41-26-33(31-14-11-24-48-29-31)27-43(50-41)51-42-21-10-8-18-36(42)37-22-23-40-44(45(37)51)38-19-7-9-20-39(38)46(40,34-15-5-4-6-16-34)35-17-12-25-49-30-35/h3-30H,1H2,2H3/b32-13+,47-28?. The van der Waals surface area contributed by atoms with Crippen LogP contribution in [0, 0.1) is 0 Å². The Labute approximate surface area is 296 Å². The summed E-state index contributed by atoms with van der Waals surface area (Å²) in [6.07, 6.45) is 13.1. The van der Waals surface area contributed by atoms with Gasteiger partial charge < -0.3 is 0 Å². The molecule has 0 fully saturated rings. The van der Waals surface area contributed by atoms with Gasteiger partial charge in [0, 0.05) is 65.5 Å². The molecule has 0 spiro atoms. The van der Waals surface area contributed by atoms with Crippen LogP contribution in [0.4, 0.5) is 0 Å². The molecule has 0 bridgehead atoms. The fourth-order valence-corrected chi connectivity index (χ4v) is 8.05. The van der Waals surface area contributed by atoms with Crippen LogP contribution in [0.2, 0.25) is 0 Å². The van der Waals surface area contributed by atoms with Crippen LogP contribution < -0.4 is 0 Å². The number of para-hydroxylation sites is 1. The predicted octanol–water partition coefficient (Wildman–Crippen LogP) is 10.3. The Bertz CT molecular complexity index is 2610.